The molecule has 0 aliphatic heterocycles. The maximum absolute atomic E-state index is 10.9. The average molecular weight is 310 g/mol. The highest BCUT2D eigenvalue weighted by molar-refractivity contribution is 5.84. The minimum atomic E-state index is -0.914. The van der Waals surface area contributed by atoms with Gasteiger partial charge in [0.1, 0.15) is 17.2 Å². The van der Waals surface area contributed by atoms with Crippen LogP contribution in [0.4, 0.5) is 0 Å². The molecule has 1 aromatic carbocycles. The molecular formula is C17H14N2O4. The molecule has 116 valence electrons. The molecule has 2 heterocycles. The quantitative estimate of drug-likeness (QED) is 0.780. The molecule has 0 saturated heterocycles. The summed E-state index contributed by atoms with van der Waals surface area (Å²) in [5.74, 6) is 0.730. The van der Waals surface area contributed by atoms with E-state index in [0.717, 1.165) is 10.9 Å². The second-order valence-corrected chi connectivity index (χ2v) is 4.85. The fourth-order valence-corrected chi connectivity index (χ4v) is 2.28. The van der Waals surface area contributed by atoms with Crippen LogP contribution >= 0.6 is 0 Å². The van der Waals surface area contributed by atoms with E-state index in [9.17, 15) is 4.79 Å². The van der Waals surface area contributed by atoms with E-state index in [0.29, 0.717) is 22.8 Å². The van der Waals surface area contributed by atoms with E-state index in [1.165, 1.54) is 7.11 Å². The van der Waals surface area contributed by atoms with Gasteiger partial charge in [-0.25, -0.2) is 0 Å². The lowest BCUT2D eigenvalue weighted by atomic mass is 10.1. The topological polar surface area (TPSA) is 81.5 Å². The summed E-state index contributed by atoms with van der Waals surface area (Å²) < 4.78 is 11.1. The Morgan fingerprint density at radius 1 is 1.17 bits per heavy atom. The lowest BCUT2D eigenvalue weighted by Crippen LogP contribution is -2.02. The van der Waals surface area contributed by atoms with Crippen molar-refractivity contribution < 1.29 is 19.4 Å². The largest absolute Gasteiger partial charge is 0.496 e. The molecule has 2 aromatic heterocycles. The van der Waals surface area contributed by atoms with Crippen LogP contribution in [0.3, 0.4) is 0 Å². The van der Waals surface area contributed by atoms with Gasteiger partial charge < -0.3 is 14.6 Å². The van der Waals surface area contributed by atoms with Crippen molar-refractivity contribution in [2.45, 2.75) is 6.42 Å². The van der Waals surface area contributed by atoms with Gasteiger partial charge in [-0.1, -0.05) is 6.07 Å². The first-order valence-electron chi connectivity index (χ1n) is 6.92. The van der Waals surface area contributed by atoms with Gasteiger partial charge >= 0.3 is 5.97 Å². The number of carboxylic acid groups (broad SMARTS) is 1. The predicted octanol–water partition coefficient (Wildman–Crippen LogP) is 3.06. The summed E-state index contributed by atoms with van der Waals surface area (Å²) in [6.45, 7) is 0. The molecule has 6 nitrogen and oxygen atoms in total. The maximum atomic E-state index is 10.9. The van der Waals surface area contributed by atoms with Gasteiger partial charge in [-0.05, 0) is 18.2 Å². The zero-order chi connectivity index (χ0) is 16.2. The number of ether oxygens (including phenoxy) is 2. The minimum Gasteiger partial charge on any atom is -0.496 e. The highest BCUT2D eigenvalue weighted by Crippen LogP contribution is 2.31. The van der Waals surface area contributed by atoms with E-state index in [-0.39, 0.29) is 6.42 Å². The van der Waals surface area contributed by atoms with E-state index in [4.69, 9.17) is 14.6 Å². The maximum Gasteiger partial charge on any atom is 0.307 e. The van der Waals surface area contributed by atoms with Gasteiger partial charge in [0, 0.05) is 30.2 Å². The van der Waals surface area contributed by atoms with E-state index >= 15 is 0 Å². The van der Waals surface area contributed by atoms with Crippen molar-refractivity contribution in [1.29, 1.82) is 0 Å². The minimum absolute atomic E-state index is 0.106. The van der Waals surface area contributed by atoms with Gasteiger partial charge in [0.2, 0.25) is 0 Å². The lowest BCUT2D eigenvalue weighted by Gasteiger charge is -2.11. The van der Waals surface area contributed by atoms with Gasteiger partial charge in [0.25, 0.3) is 0 Å². The first-order valence-corrected chi connectivity index (χ1v) is 6.92. The summed E-state index contributed by atoms with van der Waals surface area (Å²) in [5.41, 5.74) is 1.38. The Hall–Kier alpha value is -3.15. The van der Waals surface area contributed by atoms with E-state index in [1.807, 2.05) is 0 Å². The molecule has 0 bridgehead atoms. The van der Waals surface area contributed by atoms with Gasteiger partial charge in [0.15, 0.2) is 0 Å². The molecule has 0 aliphatic carbocycles. The Labute approximate surface area is 132 Å². The SMILES string of the molecule is COc1cc(Oc2ccnc3ccncc23)ccc1CC(=O)O. The summed E-state index contributed by atoms with van der Waals surface area (Å²) in [6.07, 6.45) is 4.91. The lowest BCUT2D eigenvalue weighted by molar-refractivity contribution is -0.136. The molecule has 0 aliphatic rings. The second kappa shape index (κ2) is 6.31. The Kier molecular flexibility index (Phi) is 4.05. The van der Waals surface area contributed by atoms with Crippen molar-refractivity contribution in [2.24, 2.45) is 0 Å². The van der Waals surface area contributed by atoms with E-state index < -0.39 is 5.97 Å². The number of carbonyl (C=O) groups is 1. The smallest absolute Gasteiger partial charge is 0.307 e. The Morgan fingerprint density at radius 3 is 2.83 bits per heavy atom. The first kappa shape index (κ1) is 14.8. The molecule has 0 amide bonds. The Balaban J connectivity index is 1.94. The number of hydrogen-bond acceptors (Lipinski definition) is 5. The summed E-state index contributed by atoms with van der Waals surface area (Å²) in [7, 11) is 1.50. The number of aromatic nitrogens is 2. The highest BCUT2D eigenvalue weighted by atomic mass is 16.5. The van der Waals surface area contributed by atoms with Crippen LogP contribution < -0.4 is 9.47 Å². The van der Waals surface area contributed by atoms with E-state index in [2.05, 4.69) is 9.97 Å². The summed E-state index contributed by atoms with van der Waals surface area (Å²) in [5, 5.41) is 9.70. The van der Waals surface area contributed by atoms with Crippen LogP contribution in [0.25, 0.3) is 10.9 Å². The van der Waals surface area contributed by atoms with Crippen LogP contribution in [-0.2, 0) is 11.2 Å². The third kappa shape index (κ3) is 3.21. The van der Waals surface area contributed by atoms with Crippen molar-refractivity contribution >= 4 is 16.9 Å². The van der Waals surface area contributed by atoms with Crippen LogP contribution in [0.5, 0.6) is 17.2 Å². The molecule has 0 unspecified atom stereocenters. The zero-order valence-electron chi connectivity index (χ0n) is 12.4. The van der Waals surface area contributed by atoms with E-state index in [1.54, 1.807) is 48.9 Å². The number of benzene rings is 1. The van der Waals surface area contributed by atoms with Crippen molar-refractivity contribution in [3.8, 4) is 17.2 Å². The van der Waals surface area contributed by atoms with Crippen molar-refractivity contribution in [3.63, 3.8) is 0 Å². The van der Waals surface area contributed by atoms with Crippen LogP contribution in [0.2, 0.25) is 0 Å². The summed E-state index contributed by atoms with van der Waals surface area (Å²) >= 11 is 0. The fourth-order valence-electron chi connectivity index (χ4n) is 2.28. The number of rotatable bonds is 5. The van der Waals surface area contributed by atoms with Gasteiger partial charge in [-0.2, -0.15) is 0 Å². The van der Waals surface area contributed by atoms with Crippen molar-refractivity contribution in [1.82, 2.24) is 9.97 Å². The number of aliphatic carboxylic acids is 1. The average Bonchev–Trinajstić information content (AvgIpc) is 2.56. The molecule has 0 radical (unpaired) electrons. The summed E-state index contributed by atoms with van der Waals surface area (Å²) in [4.78, 5) is 19.2. The Morgan fingerprint density at radius 2 is 2.04 bits per heavy atom. The molecule has 0 fully saturated rings. The van der Waals surface area contributed by atoms with Crippen LogP contribution in [0.15, 0.2) is 48.9 Å². The number of methoxy groups -OCH3 is 1. The van der Waals surface area contributed by atoms with Crippen LogP contribution in [0.1, 0.15) is 5.56 Å². The van der Waals surface area contributed by atoms with Gasteiger partial charge in [-0.15, -0.1) is 0 Å². The molecule has 3 rings (SSSR count). The number of pyridine rings is 2. The molecule has 3 aromatic rings. The monoisotopic (exact) mass is 310 g/mol. The summed E-state index contributed by atoms with van der Waals surface area (Å²) in [6, 6.07) is 8.62. The molecule has 6 heteroatoms. The molecular weight excluding hydrogens is 296 g/mol. The number of nitrogens with zero attached hydrogens (tertiary/aromatic N) is 2. The third-order valence-corrected chi connectivity index (χ3v) is 3.33. The fraction of sp³-hybridized carbons (Fsp3) is 0.118. The number of hydrogen-bond donors (Lipinski definition) is 1. The third-order valence-electron chi connectivity index (χ3n) is 3.33. The Bertz CT molecular complexity index is 859. The van der Waals surface area contributed by atoms with Crippen molar-refractivity contribution in [2.75, 3.05) is 7.11 Å². The zero-order valence-corrected chi connectivity index (χ0v) is 12.4. The second-order valence-electron chi connectivity index (χ2n) is 4.85. The van der Waals surface area contributed by atoms with Crippen molar-refractivity contribution in [3.05, 3.63) is 54.5 Å². The normalized spacial score (nSPS) is 10.5. The van der Waals surface area contributed by atoms with Crippen LogP contribution in [-0.4, -0.2) is 28.2 Å². The highest BCUT2D eigenvalue weighted by Gasteiger charge is 2.10. The van der Waals surface area contributed by atoms with Crippen LogP contribution in [0, 0.1) is 0 Å². The molecule has 0 spiro atoms. The number of carboxylic acids is 1. The molecule has 1 N–H and O–H groups in total. The van der Waals surface area contributed by atoms with Gasteiger partial charge in [-0.3, -0.25) is 14.8 Å². The van der Waals surface area contributed by atoms with Gasteiger partial charge in [0.05, 0.1) is 24.4 Å². The standard InChI is InChI=1S/C17H14N2O4/c1-22-16-9-12(3-2-11(16)8-17(20)21)23-15-5-7-19-14-4-6-18-10-13(14)15/h2-7,9-10H,8H2,1H3,(H,20,21). The molecule has 0 saturated carbocycles. The first-order chi connectivity index (χ1) is 11.2. The number of fused-ring (bicyclic) bond motifs is 1. The molecule has 0 atom stereocenters. The molecule has 23 heavy (non-hydrogen) atoms. The predicted molar refractivity (Wildman–Crippen MR) is 83.9 cm³/mol.